The van der Waals surface area contributed by atoms with Crippen molar-refractivity contribution in [3.8, 4) is 11.5 Å². The fourth-order valence-corrected chi connectivity index (χ4v) is 4.75. The molecule has 0 radical (unpaired) electrons. The van der Waals surface area contributed by atoms with E-state index in [1.165, 1.54) is 0 Å². The van der Waals surface area contributed by atoms with E-state index in [0.29, 0.717) is 19.8 Å². The molecule has 2 amide bonds. The second-order valence-corrected chi connectivity index (χ2v) is 7.73. The maximum Gasteiger partial charge on any atom is 0.319 e. The van der Waals surface area contributed by atoms with E-state index in [9.17, 15) is 4.79 Å². The van der Waals surface area contributed by atoms with Gasteiger partial charge in [-0.1, -0.05) is 13.0 Å². The van der Waals surface area contributed by atoms with Crippen molar-refractivity contribution in [2.45, 2.75) is 38.9 Å². The van der Waals surface area contributed by atoms with Crippen LogP contribution in [0.2, 0.25) is 0 Å². The van der Waals surface area contributed by atoms with Crippen molar-refractivity contribution in [3.05, 3.63) is 18.2 Å². The van der Waals surface area contributed by atoms with Gasteiger partial charge in [0.25, 0.3) is 0 Å². The first-order valence-corrected chi connectivity index (χ1v) is 10.0. The number of nitrogens with one attached hydrogen (secondary N) is 1. The summed E-state index contributed by atoms with van der Waals surface area (Å²) < 4.78 is 11.6. The van der Waals surface area contributed by atoms with Crippen LogP contribution >= 0.6 is 0 Å². The van der Waals surface area contributed by atoms with Crippen molar-refractivity contribution < 1.29 is 14.3 Å². The minimum atomic E-state index is -0.229. The number of fused-ring (bicyclic) bond motifs is 1. The molecule has 0 spiro atoms. The Labute approximate surface area is 161 Å². The Morgan fingerprint density at radius 2 is 1.89 bits per heavy atom. The highest BCUT2D eigenvalue weighted by Crippen LogP contribution is 2.40. The number of amides is 2. The van der Waals surface area contributed by atoms with Gasteiger partial charge in [0.05, 0.1) is 12.2 Å². The van der Waals surface area contributed by atoms with Crippen molar-refractivity contribution in [3.63, 3.8) is 0 Å². The molecule has 1 aromatic rings. The molecule has 4 rings (SSSR count). The topological polar surface area (TPSA) is 57.3 Å². The summed E-state index contributed by atoms with van der Waals surface area (Å²) in [4.78, 5) is 19.3. The van der Waals surface area contributed by atoms with Crippen LogP contribution in [0, 0.1) is 0 Å². The van der Waals surface area contributed by atoms with Crippen LogP contribution in [0.3, 0.4) is 0 Å². The molecule has 2 saturated heterocycles. The Balaban J connectivity index is 1.52. The summed E-state index contributed by atoms with van der Waals surface area (Å²) in [7, 11) is 0. The van der Waals surface area contributed by atoms with Gasteiger partial charge in [-0.25, -0.2) is 4.79 Å². The quantitative estimate of drug-likeness (QED) is 0.875. The number of carbonyl (C=O) groups excluding carboxylic acids is 1. The van der Waals surface area contributed by atoms with Gasteiger partial charge in [0.15, 0.2) is 11.5 Å². The highest BCUT2D eigenvalue weighted by Gasteiger charge is 2.50. The van der Waals surface area contributed by atoms with Gasteiger partial charge in [0, 0.05) is 32.2 Å². The number of hydrogen-bond acceptors (Lipinski definition) is 5. The summed E-state index contributed by atoms with van der Waals surface area (Å²) in [6.07, 6.45) is 0.918. The Kier molecular flexibility index (Phi) is 4.80. The SMILES string of the molecule is CCC1(N2CCN(c3cccc4c3OCCO4)CC2)CNC(=O)N1C(C)C. The lowest BCUT2D eigenvalue weighted by atomic mass is 10.0. The number of benzene rings is 1. The molecule has 7 nitrogen and oxygen atoms in total. The van der Waals surface area contributed by atoms with E-state index in [1.807, 2.05) is 17.0 Å². The fourth-order valence-electron chi connectivity index (χ4n) is 4.75. The van der Waals surface area contributed by atoms with Crippen LogP contribution in [0.4, 0.5) is 10.5 Å². The molecular formula is C20H30N4O3. The molecule has 0 bridgehead atoms. The van der Waals surface area contributed by atoms with E-state index in [1.54, 1.807) is 0 Å². The normalized spacial score (nSPS) is 25.9. The van der Waals surface area contributed by atoms with Gasteiger partial charge in [0.2, 0.25) is 0 Å². The van der Waals surface area contributed by atoms with E-state index >= 15 is 0 Å². The molecule has 1 unspecified atom stereocenters. The Morgan fingerprint density at radius 3 is 2.59 bits per heavy atom. The summed E-state index contributed by atoms with van der Waals surface area (Å²) in [5.74, 6) is 1.70. The largest absolute Gasteiger partial charge is 0.486 e. The van der Waals surface area contributed by atoms with Crippen molar-refractivity contribution in [2.24, 2.45) is 0 Å². The highest BCUT2D eigenvalue weighted by atomic mass is 16.6. The minimum Gasteiger partial charge on any atom is -0.486 e. The van der Waals surface area contributed by atoms with Gasteiger partial charge in [-0.15, -0.1) is 0 Å². The van der Waals surface area contributed by atoms with E-state index in [0.717, 1.165) is 49.8 Å². The number of nitrogens with zero attached hydrogens (tertiary/aromatic N) is 3. The molecule has 1 N–H and O–H groups in total. The number of urea groups is 1. The van der Waals surface area contributed by atoms with E-state index < -0.39 is 0 Å². The molecule has 0 saturated carbocycles. The Hall–Kier alpha value is -2.15. The lowest BCUT2D eigenvalue weighted by Gasteiger charge is -2.50. The highest BCUT2D eigenvalue weighted by molar-refractivity contribution is 5.78. The van der Waals surface area contributed by atoms with Gasteiger partial charge >= 0.3 is 6.03 Å². The molecule has 27 heavy (non-hydrogen) atoms. The zero-order valence-electron chi connectivity index (χ0n) is 16.5. The number of carbonyl (C=O) groups is 1. The predicted molar refractivity (Wildman–Crippen MR) is 105 cm³/mol. The third-order valence-corrected chi connectivity index (χ3v) is 6.03. The van der Waals surface area contributed by atoms with Crippen LogP contribution in [0.15, 0.2) is 18.2 Å². The summed E-state index contributed by atoms with van der Waals surface area (Å²) in [6, 6.07) is 6.34. The molecule has 3 aliphatic heterocycles. The summed E-state index contributed by atoms with van der Waals surface area (Å²) in [5, 5.41) is 3.07. The number of ether oxygens (including phenoxy) is 2. The van der Waals surface area contributed by atoms with Crippen LogP contribution in [0.1, 0.15) is 27.2 Å². The van der Waals surface area contributed by atoms with Crippen LogP contribution < -0.4 is 19.7 Å². The second-order valence-electron chi connectivity index (χ2n) is 7.73. The maximum atomic E-state index is 12.4. The zero-order valence-corrected chi connectivity index (χ0v) is 16.5. The standard InChI is InChI=1S/C20H30N4O3/c1-4-20(14-21-19(25)24(20)15(2)3)23-10-8-22(9-11-23)16-6-5-7-17-18(16)27-13-12-26-17/h5-7,15H,4,8-14H2,1-3H3,(H,21,25). The van der Waals surface area contributed by atoms with Crippen molar-refractivity contribution in [2.75, 3.05) is 50.8 Å². The van der Waals surface area contributed by atoms with Crippen LogP contribution in [-0.2, 0) is 0 Å². The minimum absolute atomic E-state index is 0.0527. The molecule has 148 valence electrons. The maximum absolute atomic E-state index is 12.4. The monoisotopic (exact) mass is 374 g/mol. The van der Waals surface area contributed by atoms with Crippen LogP contribution in [0.25, 0.3) is 0 Å². The molecule has 3 aliphatic rings. The molecule has 1 atom stereocenters. The third-order valence-electron chi connectivity index (χ3n) is 6.03. The Morgan fingerprint density at radius 1 is 1.15 bits per heavy atom. The smallest absolute Gasteiger partial charge is 0.319 e. The molecule has 0 aliphatic carbocycles. The molecule has 2 fully saturated rings. The van der Waals surface area contributed by atoms with Gasteiger partial charge in [-0.05, 0) is 32.4 Å². The first-order chi connectivity index (χ1) is 13.1. The number of hydrogen-bond donors (Lipinski definition) is 1. The van der Waals surface area contributed by atoms with Crippen molar-refractivity contribution >= 4 is 11.7 Å². The van der Waals surface area contributed by atoms with Crippen molar-refractivity contribution in [1.29, 1.82) is 0 Å². The zero-order chi connectivity index (χ0) is 19.0. The average Bonchev–Trinajstić information content (AvgIpc) is 3.05. The molecule has 7 heteroatoms. The average molecular weight is 374 g/mol. The van der Waals surface area contributed by atoms with Crippen LogP contribution in [0.5, 0.6) is 11.5 Å². The Bertz CT molecular complexity index is 702. The summed E-state index contributed by atoms with van der Waals surface area (Å²) >= 11 is 0. The van der Waals surface area contributed by atoms with Gasteiger partial charge in [0.1, 0.15) is 18.9 Å². The van der Waals surface area contributed by atoms with Gasteiger partial charge in [-0.2, -0.15) is 0 Å². The number of piperazine rings is 1. The number of para-hydroxylation sites is 1. The molecule has 3 heterocycles. The van der Waals surface area contributed by atoms with Crippen molar-refractivity contribution in [1.82, 2.24) is 15.1 Å². The predicted octanol–water partition coefficient (Wildman–Crippen LogP) is 2.12. The summed E-state index contributed by atoms with van der Waals surface area (Å²) in [6.45, 7) is 11.9. The summed E-state index contributed by atoms with van der Waals surface area (Å²) in [5.41, 5.74) is 0.881. The third kappa shape index (κ3) is 2.98. The van der Waals surface area contributed by atoms with E-state index in [-0.39, 0.29) is 17.7 Å². The van der Waals surface area contributed by atoms with E-state index in [2.05, 4.69) is 42.0 Å². The molecule has 1 aromatic carbocycles. The first kappa shape index (κ1) is 18.2. The lowest BCUT2D eigenvalue weighted by Crippen LogP contribution is -2.65. The van der Waals surface area contributed by atoms with E-state index in [4.69, 9.17) is 9.47 Å². The second kappa shape index (κ2) is 7.11. The molecule has 0 aromatic heterocycles. The van der Waals surface area contributed by atoms with Gasteiger partial charge in [-0.3, -0.25) is 4.90 Å². The first-order valence-electron chi connectivity index (χ1n) is 10.0. The lowest BCUT2D eigenvalue weighted by molar-refractivity contribution is -0.0262. The number of rotatable bonds is 4. The van der Waals surface area contributed by atoms with Gasteiger partial charge < -0.3 is 24.6 Å². The number of anilines is 1. The fraction of sp³-hybridized carbons (Fsp3) is 0.650. The molecular weight excluding hydrogens is 344 g/mol. The van der Waals surface area contributed by atoms with Crippen LogP contribution in [-0.4, -0.2) is 73.5 Å².